The van der Waals surface area contributed by atoms with Crippen molar-refractivity contribution in [2.75, 3.05) is 11.1 Å². The fourth-order valence-electron chi connectivity index (χ4n) is 1.63. The highest BCUT2D eigenvalue weighted by Crippen LogP contribution is 2.24. The lowest BCUT2D eigenvalue weighted by Gasteiger charge is -2.09. The van der Waals surface area contributed by atoms with Crippen LogP contribution in [-0.4, -0.2) is 5.91 Å². The van der Waals surface area contributed by atoms with Crippen molar-refractivity contribution in [3.8, 4) is 0 Å². The molecule has 3 N–H and O–H groups in total. The van der Waals surface area contributed by atoms with E-state index in [9.17, 15) is 9.18 Å². The second-order valence-corrected chi connectivity index (χ2v) is 4.58. The Morgan fingerprint density at radius 2 is 2.00 bits per heavy atom. The highest BCUT2D eigenvalue weighted by atomic mass is 35.5. The van der Waals surface area contributed by atoms with Gasteiger partial charge in [-0.3, -0.25) is 4.79 Å². The Balaban J connectivity index is 2.28. The maximum atomic E-state index is 13.5. The molecular weight excluding hydrogens is 267 g/mol. The monoisotopic (exact) mass is 278 g/mol. The second-order valence-electron chi connectivity index (χ2n) is 4.18. The van der Waals surface area contributed by atoms with Gasteiger partial charge in [0.15, 0.2) is 0 Å². The average molecular weight is 279 g/mol. The molecule has 0 heterocycles. The van der Waals surface area contributed by atoms with Crippen molar-refractivity contribution in [1.82, 2.24) is 0 Å². The lowest BCUT2D eigenvalue weighted by atomic mass is 10.1. The number of rotatable bonds is 2. The van der Waals surface area contributed by atoms with Gasteiger partial charge >= 0.3 is 0 Å². The van der Waals surface area contributed by atoms with Gasteiger partial charge in [-0.2, -0.15) is 0 Å². The number of carbonyl (C=O) groups is 1. The Kier molecular flexibility index (Phi) is 3.71. The summed E-state index contributed by atoms with van der Waals surface area (Å²) in [6.45, 7) is 1.88. The normalized spacial score (nSPS) is 10.3. The van der Waals surface area contributed by atoms with Crippen LogP contribution < -0.4 is 11.1 Å². The van der Waals surface area contributed by atoms with Gasteiger partial charge in [-0.1, -0.05) is 17.7 Å². The molecule has 1 amide bonds. The molecule has 5 heteroatoms. The molecule has 3 nitrogen and oxygen atoms in total. The van der Waals surface area contributed by atoms with Gasteiger partial charge in [-0.25, -0.2) is 4.39 Å². The van der Waals surface area contributed by atoms with Crippen molar-refractivity contribution in [2.24, 2.45) is 0 Å². The molecule has 0 radical (unpaired) electrons. The summed E-state index contributed by atoms with van der Waals surface area (Å²) in [7, 11) is 0. The van der Waals surface area contributed by atoms with Crippen molar-refractivity contribution >= 4 is 28.9 Å². The van der Waals surface area contributed by atoms with Gasteiger partial charge in [0.1, 0.15) is 5.82 Å². The minimum Gasteiger partial charge on any atom is -0.399 e. The minimum absolute atomic E-state index is 0.114. The number of amides is 1. The lowest BCUT2D eigenvalue weighted by Crippen LogP contribution is -2.14. The summed E-state index contributed by atoms with van der Waals surface area (Å²) < 4.78 is 13.5. The topological polar surface area (TPSA) is 55.1 Å². The molecule has 98 valence electrons. The molecular formula is C14H12ClFN2O. The third-order valence-electron chi connectivity index (χ3n) is 2.61. The number of anilines is 2. The van der Waals surface area contributed by atoms with Crippen LogP contribution in [0.2, 0.25) is 5.02 Å². The van der Waals surface area contributed by atoms with Gasteiger partial charge < -0.3 is 11.1 Å². The third-order valence-corrected chi connectivity index (χ3v) is 2.92. The van der Waals surface area contributed by atoms with E-state index in [1.807, 2.05) is 6.92 Å². The van der Waals surface area contributed by atoms with Gasteiger partial charge in [-0.05, 0) is 42.8 Å². The van der Waals surface area contributed by atoms with Gasteiger partial charge in [0.25, 0.3) is 5.91 Å². The van der Waals surface area contributed by atoms with E-state index in [0.29, 0.717) is 16.4 Å². The van der Waals surface area contributed by atoms with Crippen molar-refractivity contribution in [3.63, 3.8) is 0 Å². The summed E-state index contributed by atoms with van der Waals surface area (Å²) in [6, 6.07) is 9.02. The molecule has 0 bridgehead atoms. The van der Waals surface area contributed by atoms with Crippen LogP contribution in [0.1, 0.15) is 15.9 Å². The second kappa shape index (κ2) is 5.28. The molecule has 2 rings (SSSR count). The SMILES string of the molecule is Cc1ccc(NC(=O)c2cc(N)ccc2F)c(Cl)c1. The number of hydrogen-bond acceptors (Lipinski definition) is 2. The number of aryl methyl sites for hydroxylation is 1. The molecule has 0 saturated heterocycles. The van der Waals surface area contributed by atoms with Crippen molar-refractivity contribution in [1.29, 1.82) is 0 Å². The molecule has 19 heavy (non-hydrogen) atoms. The molecule has 0 saturated carbocycles. The molecule has 0 aliphatic carbocycles. The number of halogens is 2. The number of hydrogen-bond donors (Lipinski definition) is 2. The third kappa shape index (κ3) is 3.03. The summed E-state index contributed by atoms with van der Waals surface area (Å²) in [6.07, 6.45) is 0. The first-order valence-electron chi connectivity index (χ1n) is 5.60. The first-order chi connectivity index (χ1) is 8.97. The van der Waals surface area contributed by atoms with Crippen molar-refractivity contribution < 1.29 is 9.18 Å². The number of benzene rings is 2. The first-order valence-corrected chi connectivity index (χ1v) is 5.97. The Morgan fingerprint density at radius 1 is 1.26 bits per heavy atom. The van der Waals surface area contributed by atoms with Crippen molar-refractivity contribution in [3.05, 3.63) is 58.4 Å². The quantitative estimate of drug-likeness (QED) is 0.824. The summed E-state index contributed by atoms with van der Waals surface area (Å²) in [5.41, 5.74) is 7.14. The molecule has 2 aromatic carbocycles. The van der Waals surface area contributed by atoms with E-state index in [1.165, 1.54) is 12.1 Å². The molecule has 0 aliphatic rings. The van der Waals surface area contributed by atoms with Crippen LogP contribution in [0.15, 0.2) is 36.4 Å². The van der Waals surface area contributed by atoms with Crippen LogP contribution in [0.3, 0.4) is 0 Å². The number of carbonyl (C=O) groups excluding carboxylic acids is 1. The standard InChI is InChI=1S/C14H12ClFN2O/c1-8-2-5-13(11(15)6-8)18-14(19)10-7-9(17)3-4-12(10)16/h2-7H,17H2,1H3,(H,18,19). The van der Waals surface area contributed by atoms with E-state index >= 15 is 0 Å². The predicted molar refractivity (Wildman–Crippen MR) is 75.0 cm³/mol. The van der Waals surface area contributed by atoms with Gasteiger partial charge in [0.05, 0.1) is 16.3 Å². The van der Waals surface area contributed by atoms with Gasteiger partial charge in [0, 0.05) is 5.69 Å². The van der Waals surface area contributed by atoms with Crippen LogP contribution in [-0.2, 0) is 0 Å². The van der Waals surface area contributed by atoms with E-state index < -0.39 is 11.7 Å². The molecule has 0 fully saturated rings. The van der Waals surface area contributed by atoms with Gasteiger partial charge in [0.2, 0.25) is 0 Å². The van der Waals surface area contributed by atoms with Crippen LogP contribution >= 0.6 is 11.6 Å². The van der Waals surface area contributed by atoms with Crippen LogP contribution in [0.5, 0.6) is 0 Å². The zero-order chi connectivity index (χ0) is 14.0. The average Bonchev–Trinajstić information content (AvgIpc) is 2.35. The highest BCUT2D eigenvalue weighted by Gasteiger charge is 2.13. The Bertz CT molecular complexity index is 643. The molecule has 2 aromatic rings. The summed E-state index contributed by atoms with van der Waals surface area (Å²) >= 11 is 6.00. The fourth-order valence-corrected chi connectivity index (χ4v) is 1.91. The number of nitrogen functional groups attached to an aromatic ring is 1. The maximum absolute atomic E-state index is 13.5. The van der Waals surface area contributed by atoms with Crippen LogP contribution in [0, 0.1) is 12.7 Å². The summed E-state index contributed by atoms with van der Waals surface area (Å²) in [4.78, 5) is 12.0. The van der Waals surface area contributed by atoms with E-state index in [4.69, 9.17) is 17.3 Å². The Labute approximate surface area is 115 Å². The largest absolute Gasteiger partial charge is 0.399 e. The van der Waals surface area contributed by atoms with Crippen LogP contribution in [0.4, 0.5) is 15.8 Å². The predicted octanol–water partition coefficient (Wildman–Crippen LogP) is 3.62. The molecule has 0 unspecified atom stereocenters. The maximum Gasteiger partial charge on any atom is 0.258 e. The summed E-state index contributed by atoms with van der Waals surface area (Å²) in [5, 5.41) is 2.96. The van der Waals surface area contributed by atoms with E-state index in [-0.39, 0.29) is 5.56 Å². The summed E-state index contributed by atoms with van der Waals surface area (Å²) in [5.74, 6) is -1.22. The first kappa shape index (κ1) is 13.4. The zero-order valence-electron chi connectivity index (χ0n) is 10.2. The molecule has 0 aliphatic heterocycles. The molecule has 0 spiro atoms. The highest BCUT2D eigenvalue weighted by molar-refractivity contribution is 6.34. The van der Waals surface area contributed by atoms with Crippen molar-refractivity contribution in [2.45, 2.75) is 6.92 Å². The zero-order valence-corrected chi connectivity index (χ0v) is 11.0. The molecule has 0 aromatic heterocycles. The lowest BCUT2D eigenvalue weighted by molar-refractivity contribution is 0.102. The van der Waals surface area contributed by atoms with E-state index in [2.05, 4.69) is 5.32 Å². The minimum atomic E-state index is -0.630. The van der Waals surface area contributed by atoms with E-state index in [0.717, 1.165) is 11.6 Å². The smallest absolute Gasteiger partial charge is 0.258 e. The number of nitrogens with two attached hydrogens (primary N) is 1. The van der Waals surface area contributed by atoms with Gasteiger partial charge in [-0.15, -0.1) is 0 Å². The fraction of sp³-hybridized carbons (Fsp3) is 0.0714. The van der Waals surface area contributed by atoms with Crippen LogP contribution in [0.25, 0.3) is 0 Å². The number of nitrogens with one attached hydrogen (secondary N) is 1. The Morgan fingerprint density at radius 3 is 2.68 bits per heavy atom. The van der Waals surface area contributed by atoms with E-state index in [1.54, 1.807) is 18.2 Å². The Hall–Kier alpha value is -2.07. The molecule has 0 atom stereocenters.